The number of hydrogen-bond donors (Lipinski definition) is 2. The van der Waals surface area contributed by atoms with Gasteiger partial charge in [-0.25, -0.2) is 0 Å². The molecule has 0 bridgehead atoms. The molecule has 3 N–H and O–H groups in total. The second kappa shape index (κ2) is 13.0. The summed E-state index contributed by atoms with van der Waals surface area (Å²) in [6, 6.07) is 5.62. The standard InChI is InChI=1S/C14H23NO2.C4H9NO/c1-3-5-9-16-12-7-8-14(13(15)11-12)17-10-6-4-2;1-3-6-4-2-5-1/h7-8,11H,3-6,9-10,15H2,1-2H3;5H,1-4H2. The molecule has 132 valence electrons. The van der Waals surface area contributed by atoms with Gasteiger partial charge in [0.15, 0.2) is 0 Å². The number of benzene rings is 1. The van der Waals surface area contributed by atoms with Crippen LogP contribution in [-0.4, -0.2) is 39.5 Å². The maximum Gasteiger partial charge on any atom is 0.142 e. The van der Waals surface area contributed by atoms with E-state index in [0.717, 1.165) is 76.7 Å². The van der Waals surface area contributed by atoms with Gasteiger partial charge in [0.1, 0.15) is 11.5 Å². The van der Waals surface area contributed by atoms with Crippen LogP contribution in [0.25, 0.3) is 0 Å². The zero-order valence-corrected chi connectivity index (χ0v) is 14.6. The first kappa shape index (κ1) is 19.6. The van der Waals surface area contributed by atoms with Crippen molar-refractivity contribution in [3.63, 3.8) is 0 Å². The van der Waals surface area contributed by atoms with Crippen molar-refractivity contribution in [2.45, 2.75) is 39.5 Å². The van der Waals surface area contributed by atoms with Crippen molar-refractivity contribution in [1.82, 2.24) is 5.32 Å². The SMILES string of the molecule is C1COCCN1.CCCCOc1ccc(OCCCC)c(N)c1. The number of morpholine rings is 1. The molecule has 0 saturated carbocycles. The highest BCUT2D eigenvalue weighted by atomic mass is 16.5. The number of rotatable bonds is 8. The second-order valence-electron chi connectivity index (χ2n) is 5.47. The van der Waals surface area contributed by atoms with Crippen LogP contribution >= 0.6 is 0 Å². The Kier molecular flexibility index (Phi) is 11.1. The molecular weight excluding hydrogens is 292 g/mol. The molecule has 1 aromatic carbocycles. The van der Waals surface area contributed by atoms with Crippen LogP contribution in [0.5, 0.6) is 11.5 Å². The summed E-state index contributed by atoms with van der Waals surface area (Å²) in [4.78, 5) is 0. The van der Waals surface area contributed by atoms with Gasteiger partial charge in [-0.1, -0.05) is 26.7 Å². The van der Waals surface area contributed by atoms with E-state index in [1.165, 1.54) is 0 Å². The minimum atomic E-state index is 0.648. The monoisotopic (exact) mass is 324 g/mol. The fraction of sp³-hybridized carbons (Fsp3) is 0.667. The summed E-state index contributed by atoms with van der Waals surface area (Å²) >= 11 is 0. The molecule has 1 saturated heterocycles. The van der Waals surface area contributed by atoms with Gasteiger partial charge in [-0.2, -0.15) is 0 Å². The average molecular weight is 324 g/mol. The Bertz CT molecular complexity index is 398. The Morgan fingerprint density at radius 3 is 2.17 bits per heavy atom. The topological polar surface area (TPSA) is 65.7 Å². The molecule has 0 spiro atoms. The van der Waals surface area contributed by atoms with E-state index >= 15 is 0 Å². The highest BCUT2D eigenvalue weighted by molar-refractivity contribution is 5.56. The van der Waals surface area contributed by atoms with E-state index in [1.807, 2.05) is 18.2 Å². The van der Waals surface area contributed by atoms with Gasteiger partial charge in [0.2, 0.25) is 0 Å². The van der Waals surface area contributed by atoms with Crippen LogP contribution < -0.4 is 20.5 Å². The van der Waals surface area contributed by atoms with Crippen molar-refractivity contribution >= 4 is 5.69 Å². The molecule has 0 aromatic heterocycles. The maximum atomic E-state index is 5.90. The fourth-order valence-corrected chi connectivity index (χ4v) is 1.92. The third kappa shape index (κ3) is 9.31. The number of unbranched alkanes of at least 4 members (excludes halogenated alkanes) is 2. The van der Waals surface area contributed by atoms with E-state index in [-0.39, 0.29) is 0 Å². The van der Waals surface area contributed by atoms with E-state index in [9.17, 15) is 0 Å². The lowest BCUT2D eigenvalue weighted by molar-refractivity contribution is 0.109. The van der Waals surface area contributed by atoms with Crippen molar-refractivity contribution in [3.8, 4) is 11.5 Å². The van der Waals surface area contributed by atoms with Crippen LogP contribution in [0, 0.1) is 0 Å². The lowest BCUT2D eigenvalue weighted by Gasteiger charge is -2.10. The lowest BCUT2D eigenvalue weighted by atomic mass is 10.2. The zero-order chi connectivity index (χ0) is 16.8. The van der Waals surface area contributed by atoms with Crippen LogP contribution in [0.2, 0.25) is 0 Å². The summed E-state index contributed by atoms with van der Waals surface area (Å²) in [7, 11) is 0. The number of hydrogen-bond acceptors (Lipinski definition) is 5. The average Bonchev–Trinajstić information content (AvgIpc) is 2.59. The van der Waals surface area contributed by atoms with E-state index in [4.69, 9.17) is 19.9 Å². The molecule has 2 rings (SSSR count). The number of nitrogens with two attached hydrogens (primary N) is 1. The van der Waals surface area contributed by atoms with Gasteiger partial charge in [0, 0.05) is 19.2 Å². The Morgan fingerprint density at radius 2 is 1.70 bits per heavy atom. The number of nitrogens with one attached hydrogen (secondary N) is 1. The van der Waals surface area contributed by atoms with Gasteiger partial charge in [0.25, 0.3) is 0 Å². The largest absolute Gasteiger partial charge is 0.494 e. The van der Waals surface area contributed by atoms with Gasteiger partial charge >= 0.3 is 0 Å². The Morgan fingerprint density at radius 1 is 1.04 bits per heavy atom. The van der Waals surface area contributed by atoms with E-state index in [2.05, 4.69) is 19.2 Å². The van der Waals surface area contributed by atoms with E-state index < -0.39 is 0 Å². The quantitative estimate of drug-likeness (QED) is 0.568. The van der Waals surface area contributed by atoms with Gasteiger partial charge in [-0.15, -0.1) is 0 Å². The van der Waals surface area contributed by atoms with Crippen LogP contribution in [0.15, 0.2) is 18.2 Å². The normalized spacial score (nSPS) is 13.8. The Balaban J connectivity index is 0.000000366. The summed E-state index contributed by atoms with van der Waals surface area (Å²) in [5.74, 6) is 1.57. The number of nitrogen functional groups attached to an aromatic ring is 1. The molecule has 1 fully saturated rings. The smallest absolute Gasteiger partial charge is 0.142 e. The number of ether oxygens (including phenoxy) is 3. The van der Waals surface area contributed by atoms with Crippen LogP contribution in [0.4, 0.5) is 5.69 Å². The van der Waals surface area contributed by atoms with E-state index in [1.54, 1.807) is 0 Å². The van der Waals surface area contributed by atoms with Crippen molar-refractivity contribution in [3.05, 3.63) is 18.2 Å². The summed E-state index contributed by atoms with van der Waals surface area (Å²) < 4.78 is 16.2. The minimum Gasteiger partial charge on any atom is -0.494 e. The predicted molar refractivity (Wildman–Crippen MR) is 95.3 cm³/mol. The molecule has 5 heteroatoms. The molecule has 1 aliphatic rings. The molecular formula is C18H32N2O3. The third-order valence-corrected chi connectivity index (χ3v) is 3.35. The van der Waals surface area contributed by atoms with E-state index in [0.29, 0.717) is 5.69 Å². The van der Waals surface area contributed by atoms with Crippen LogP contribution in [-0.2, 0) is 4.74 Å². The molecule has 1 heterocycles. The molecule has 0 atom stereocenters. The molecule has 0 amide bonds. The second-order valence-corrected chi connectivity index (χ2v) is 5.47. The summed E-state index contributed by atoms with van der Waals surface area (Å²) in [6.45, 7) is 9.57. The molecule has 0 unspecified atom stereocenters. The zero-order valence-electron chi connectivity index (χ0n) is 14.6. The minimum absolute atomic E-state index is 0.648. The van der Waals surface area contributed by atoms with Crippen molar-refractivity contribution in [1.29, 1.82) is 0 Å². The highest BCUT2D eigenvalue weighted by Crippen LogP contribution is 2.26. The molecule has 0 aliphatic carbocycles. The molecule has 5 nitrogen and oxygen atoms in total. The predicted octanol–water partition coefficient (Wildman–Crippen LogP) is 3.23. The fourth-order valence-electron chi connectivity index (χ4n) is 1.92. The Hall–Kier alpha value is -1.46. The third-order valence-electron chi connectivity index (χ3n) is 3.35. The summed E-state index contributed by atoms with van der Waals surface area (Å²) in [5.41, 5.74) is 6.55. The van der Waals surface area contributed by atoms with Crippen molar-refractivity contribution < 1.29 is 14.2 Å². The van der Waals surface area contributed by atoms with Gasteiger partial charge < -0.3 is 25.3 Å². The molecule has 1 aliphatic heterocycles. The van der Waals surface area contributed by atoms with Crippen LogP contribution in [0.3, 0.4) is 0 Å². The first-order chi connectivity index (χ1) is 11.3. The first-order valence-electron chi connectivity index (χ1n) is 8.71. The first-order valence-corrected chi connectivity index (χ1v) is 8.71. The summed E-state index contributed by atoms with van der Waals surface area (Å²) in [5, 5.41) is 3.16. The number of anilines is 1. The maximum absolute atomic E-state index is 5.90. The van der Waals surface area contributed by atoms with Crippen molar-refractivity contribution in [2.24, 2.45) is 0 Å². The molecule has 23 heavy (non-hydrogen) atoms. The lowest BCUT2D eigenvalue weighted by Crippen LogP contribution is -2.30. The van der Waals surface area contributed by atoms with Gasteiger partial charge in [-0.3, -0.25) is 0 Å². The summed E-state index contributed by atoms with van der Waals surface area (Å²) in [6.07, 6.45) is 4.37. The van der Waals surface area contributed by atoms with Gasteiger partial charge in [-0.05, 0) is 25.0 Å². The molecule has 0 radical (unpaired) electrons. The van der Waals surface area contributed by atoms with Crippen molar-refractivity contribution in [2.75, 3.05) is 45.3 Å². The Labute approximate surface area is 140 Å². The van der Waals surface area contributed by atoms with Gasteiger partial charge in [0.05, 0.1) is 32.1 Å². The van der Waals surface area contributed by atoms with Crippen LogP contribution in [0.1, 0.15) is 39.5 Å². The highest BCUT2D eigenvalue weighted by Gasteiger charge is 2.02. The molecule has 1 aromatic rings.